The average Bonchev–Trinajstić information content (AvgIpc) is 3.24. The number of nitrogens with zero attached hydrogens (tertiary/aromatic N) is 3. The number of nitrogens with two attached hydrogens (primary N) is 1. The Bertz CT molecular complexity index is 1110. The van der Waals surface area contributed by atoms with Gasteiger partial charge < -0.3 is 16.0 Å². The summed E-state index contributed by atoms with van der Waals surface area (Å²) >= 11 is 1.31. The van der Waals surface area contributed by atoms with E-state index in [0.717, 1.165) is 36.9 Å². The number of hydrogen-bond acceptors (Lipinski definition) is 6. The van der Waals surface area contributed by atoms with E-state index in [9.17, 15) is 18.0 Å². The third kappa shape index (κ3) is 5.08. The summed E-state index contributed by atoms with van der Waals surface area (Å²) in [5, 5.41) is 4.28. The quantitative estimate of drug-likeness (QED) is 0.579. The second-order valence-corrected chi connectivity index (χ2v) is 8.81. The number of hydrogen-bond donors (Lipinski definition) is 2. The van der Waals surface area contributed by atoms with E-state index >= 15 is 0 Å². The number of piperidine rings is 1. The van der Waals surface area contributed by atoms with E-state index in [2.05, 4.69) is 20.2 Å². The maximum Gasteiger partial charge on any atom is 0.416 e. The van der Waals surface area contributed by atoms with Crippen molar-refractivity contribution >= 4 is 28.9 Å². The Morgan fingerprint density at radius 3 is 2.50 bits per heavy atom. The van der Waals surface area contributed by atoms with Crippen LogP contribution in [0.5, 0.6) is 0 Å². The Hall–Kier alpha value is -2.98. The van der Waals surface area contributed by atoms with Gasteiger partial charge in [-0.3, -0.25) is 4.79 Å². The molecule has 3 heterocycles. The third-order valence-electron chi connectivity index (χ3n) is 5.55. The monoisotopic (exact) mass is 461 g/mol. The van der Waals surface area contributed by atoms with Crippen LogP contribution in [-0.2, 0) is 6.18 Å². The highest BCUT2D eigenvalue weighted by Crippen LogP contribution is 2.36. The van der Waals surface area contributed by atoms with E-state index < -0.39 is 17.6 Å². The lowest BCUT2D eigenvalue weighted by Gasteiger charge is -2.29. The van der Waals surface area contributed by atoms with Gasteiger partial charge in [-0.15, -0.1) is 11.3 Å². The molecule has 1 fully saturated rings. The van der Waals surface area contributed by atoms with Crippen LogP contribution in [0.4, 0.5) is 24.8 Å². The molecule has 1 aliphatic rings. The molecule has 32 heavy (non-hydrogen) atoms. The second-order valence-electron chi connectivity index (χ2n) is 7.90. The minimum absolute atomic E-state index is 0.0300. The zero-order valence-electron chi connectivity index (χ0n) is 17.3. The highest BCUT2D eigenvalue weighted by molar-refractivity contribution is 7.13. The van der Waals surface area contributed by atoms with E-state index in [-0.39, 0.29) is 17.6 Å². The molecule has 0 spiro atoms. The van der Waals surface area contributed by atoms with Crippen molar-refractivity contribution in [3.8, 4) is 10.4 Å². The van der Waals surface area contributed by atoms with E-state index in [1.54, 1.807) is 29.9 Å². The molecular weight excluding hydrogens is 439 g/mol. The molecule has 0 atom stereocenters. The van der Waals surface area contributed by atoms with Crippen LogP contribution in [0.1, 0.15) is 40.2 Å². The first-order chi connectivity index (χ1) is 15.2. The van der Waals surface area contributed by atoms with E-state index in [1.807, 2.05) is 7.05 Å². The minimum Gasteiger partial charge on any atom is -0.368 e. The smallest absolute Gasteiger partial charge is 0.368 e. The van der Waals surface area contributed by atoms with Crippen LogP contribution in [0.15, 0.2) is 42.0 Å². The highest BCUT2D eigenvalue weighted by Gasteiger charge is 2.32. The predicted octanol–water partition coefficient (Wildman–Crippen LogP) is 4.87. The van der Waals surface area contributed by atoms with Crippen molar-refractivity contribution in [1.82, 2.24) is 14.9 Å². The Kier molecular flexibility index (Phi) is 6.16. The normalized spacial score (nSPS) is 15.6. The molecule has 1 aromatic carbocycles. The number of halogens is 3. The number of nitrogens with one attached hydrogen (secondary N) is 1. The van der Waals surface area contributed by atoms with Gasteiger partial charge in [-0.2, -0.15) is 13.2 Å². The molecule has 0 unspecified atom stereocenters. The number of alkyl halides is 3. The molecule has 0 radical (unpaired) electrons. The molecule has 2 aromatic heterocycles. The number of thiophene rings is 1. The number of rotatable bonds is 4. The van der Waals surface area contributed by atoms with Crippen molar-refractivity contribution in [2.45, 2.75) is 24.9 Å². The number of likely N-dealkylation sites (tertiary alicyclic amines) is 1. The first-order valence-electron chi connectivity index (χ1n) is 10.1. The molecule has 168 valence electrons. The molecule has 0 bridgehead atoms. The van der Waals surface area contributed by atoms with Crippen molar-refractivity contribution < 1.29 is 18.0 Å². The van der Waals surface area contributed by atoms with Crippen molar-refractivity contribution in [3.63, 3.8) is 0 Å². The molecule has 1 saturated heterocycles. The zero-order chi connectivity index (χ0) is 22.9. The summed E-state index contributed by atoms with van der Waals surface area (Å²) in [6.07, 6.45) is 0.171. The van der Waals surface area contributed by atoms with Crippen LogP contribution in [0, 0.1) is 0 Å². The highest BCUT2D eigenvalue weighted by atomic mass is 32.1. The average molecular weight is 462 g/mol. The van der Waals surface area contributed by atoms with Gasteiger partial charge in [-0.1, -0.05) is 0 Å². The summed E-state index contributed by atoms with van der Waals surface area (Å²) in [4.78, 5) is 23.5. The molecule has 1 aliphatic heterocycles. The lowest BCUT2D eigenvalue weighted by Crippen LogP contribution is -2.29. The van der Waals surface area contributed by atoms with Crippen LogP contribution in [0.25, 0.3) is 10.4 Å². The molecule has 4 rings (SSSR count). The van der Waals surface area contributed by atoms with Crippen LogP contribution in [0.3, 0.4) is 0 Å². The predicted molar refractivity (Wildman–Crippen MR) is 119 cm³/mol. The van der Waals surface area contributed by atoms with Gasteiger partial charge in [-0.25, -0.2) is 9.97 Å². The Morgan fingerprint density at radius 2 is 1.84 bits per heavy atom. The first-order valence-corrected chi connectivity index (χ1v) is 11.0. The van der Waals surface area contributed by atoms with Crippen molar-refractivity contribution in [2.75, 3.05) is 31.2 Å². The van der Waals surface area contributed by atoms with Crippen LogP contribution >= 0.6 is 11.3 Å². The fourth-order valence-electron chi connectivity index (χ4n) is 3.74. The van der Waals surface area contributed by atoms with Gasteiger partial charge in [0.05, 0.1) is 11.1 Å². The van der Waals surface area contributed by atoms with Gasteiger partial charge >= 0.3 is 6.18 Å². The fraction of sp³-hybridized carbons (Fsp3) is 0.318. The van der Waals surface area contributed by atoms with E-state index in [1.165, 1.54) is 17.4 Å². The number of anilines is 2. The Morgan fingerprint density at radius 1 is 1.16 bits per heavy atom. The summed E-state index contributed by atoms with van der Waals surface area (Å²) in [6, 6.07) is 5.50. The second kappa shape index (κ2) is 8.87. The van der Waals surface area contributed by atoms with E-state index in [4.69, 9.17) is 5.73 Å². The molecular formula is C22H22F3N5OS. The molecule has 0 saturated carbocycles. The van der Waals surface area contributed by atoms with E-state index in [0.29, 0.717) is 16.7 Å². The van der Waals surface area contributed by atoms with Gasteiger partial charge in [0, 0.05) is 33.9 Å². The van der Waals surface area contributed by atoms with Crippen molar-refractivity contribution in [3.05, 3.63) is 58.7 Å². The maximum absolute atomic E-state index is 13.5. The van der Waals surface area contributed by atoms with Gasteiger partial charge in [0.25, 0.3) is 5.91 Å². The fourth-order valence-corrected chi connectivity index (χ4v) is 4.61. The van der Waals surface area contributed by atoms with Crippen LogP contribution in [-0.4, -0.2) is 40.9 Å². The zero-order valence-corrected chi connectivity index (χ0v) is 18.1. The summed E-state index contributed by atoms with van der Waals surface area (Å²) in [5.41, 5.74) is 6.53. The summed E-state index contributed by atoms with van der Waals surface area (Å²) in [7, 11) is 2.00. The summed E-state index contributed by atoms with van der Waals surface area (Å²) < 4.78 is 40.6. The van der Waals surface area contributed by atoms with Gasteiger partial charge in [-0.05, 0) is 68.7 Å². The maximum atomic E-state index is 13.5. The molecule has 0 aliphatic carbocycles. The van der Waals surface area contributed by atoms with Gasteiger partial charge in [0.1, 0.15) is 0 Å². The topological polar surface area (TPSA) is 84.1 Å². The molecule has 3 aromatic rings. The summed E-state index contributed by atoms with van der Waals surface area (Å²) in [6.45, 7) is 1.66. The van der Waals surface area contributed by atoms with Gasteiger partial charge in [0.15, 0.2) is 0 Å². The number of benzene rings is 1. The molecule has 10 heteroatoms. The van der Waals surface area contributed by atoms with Crippen molar-refractivity contribution in [2.24, 2.45) is 0 Å². The number of carbonyl (C=O) groups excluding carboxylic acids is 1. The Balaban J connectivity index is 1.57. The van der Waals surface area contributed by atoms with Crippen LogP contribution in [0.2, 0.25) is 0 Å². The number of aromatic nitrogens is 2. The third-order valence-corrected chi connectivity index (χ3v) is 6.53. The lowest BCUT2D eigenvalue weighted by atomic mass is 9.88. The summed E-state index contributed by atoms with van der Waals surface area (Å²) in [5.74, 6) is -0.298. The van der Waals surface area contributed by atoms with Crippen LogP contribution < -0.4 is 11.1 Å². The minimum atomic E-state index is -4.49. The molecule has 6 nitrogen and oxygen atoms in total. The first kappa shape index (κ1) is 22.2. The number of amides is 1. The lowest BCUT2D eigenvalue weighted by molar-refractivity contribution is -0.137. The number of carbonyl (C=O) groups is 1. The van der Waals surface area contributed by atoms with Gasteiger partial charge in [0.2, 0.25) is 5.95 Å². The molecule has 3 N–H and O–H groups in total. The SMILES string of the molecule is CN1CCC(c2cc(NC(=O)c3csc(-c4cnc(N)nc4)c3)cc(C(F)(F)F)c2)CC1. The number of nitrogen functional groups attached to an aromatic ring is 1. The Labute approximate surface area is 187 Å². The standard InChI is InChI=1S/C22H22F3N5OS/c1-30-4-2-13(3-5-30)14-6-17(22(23,24)25)9-18(7-14)29-20(31)15-8-19(32-12-15)16-10-27-21(26)28-11-16/h6-13H,2-5H2,1H3,(H,29,31)(H2,26,27,28). The molecule has 1 amide bonds. The largest absolute Gasteiger partial charge is 0.416 e. The van der Waals surface area contributed by atoms with Crippen molar-refractivity contribution in [1.29, 1.82) is 0 Å².